The van der Waals surface area contributed by atoms with Crippen LogP contribution in [0.4, 0.5) is 0 Å². The molecule has 0 bridgehead atoms. The summed E-state index contributed by atoms with van der Waals surface area (Å²) < 4.78 is 22.7. The first-order chi connectivity index (χ1) is 37.6. The number of nitrogens with zero attached hydrogens (tertiary/aromatic N) is 1. The van der Waals surface area contributed by atoms with E-state index in [1.807, 2.05) is 21.1 Å². The van der Waals surface area contributed by atoms with Gasteiger partial charge in [-0.1, -0.05) is 252 Å². The van der Waals surface area contributed by atoms with Crippen LogP contribution in [0.2, 0.25) is 0 Å². The lowest BCUT2D eigenvalue weighted by atomic mass is 10.0. The Labute approximate surface area is 473 Å². The summed E-state index contributed by atoms with van der Waals surface area (Å²) in [5.41, 5.74) is 0. The zero-order valence-corrected chi connectivity index (χ0v) is 50.3. The highest BCUT2D eigenvalue weighted by Gasteiger charge is 2.22. The number of likely N-dealkylation sites (N-methyl/N-ethyl adjacent to an activating group) is 1. The third-order valence-electron chi connectivity index (χ3n) is 13.3. The van der Waals surface area contributed by atoms with Gasteiger partial charge in [0.1, 0.15) is 13.2 Å². The third-order valence-corrected chi connectivity index (χ3v) is 13.3. The van der Waals surface area contributed by atoms with Gasteiger partial charge in [-0.15, -0.1) is 0 Å². The van der Waals surface area contributed by atoms with Crippen molar-refractivity contribution in [2.24, 2.45) is 0 Å². The predicted molar refractivity (Wildman–Crippen MR) is 324 cm³/mol. The molecule has 9 nitrogen and oxygen atoms in total. The van der Waals surface area contributed by atoms with E-state index < -0.39 is 24.3 Å². The van der Waals surface area contributed by atoms with Crippen molar-refractivity contribution >= 4 is 17.9 Å². The summed E-state index contributed by atoms with van der Waals surface area (Å²) in [6, 6.07) is 0. The fourth-order valence-electron chi connectivity index (χ4n) is 8.52. The molecule has 0 fully saturated rings. The third kappa shape index (κ3) is 59.7. The molecule has 0 radical (unpaired) electrons. The highest BCUT2D eigenvalue weighted by molar-refractivity contribution is 5.70. The van der Waals surface area contributed by atoms with E-state index in [4.69, 9.17) is 18.9 Å². The highest BCUT2D eigenvalue weighted by atomic mass is 16.7. The number of allylic oxidation sites excluding steroid dienone is 16. The highest BCUT2D eigenvalue weighted by Crippen LogP contribution is 2.17. The standard InChI is InChI=1S/C68H117NO8/c1-6-8-10-12-14-16-18-20-21-22-23-24-25-26-27-28-29-30-31-32-33-34-35-36-37-38-39-40-41-42-43-44-45-47-49-51-53-55-57-59-66(71)77-64(63-76-68(67(72)73)74-61-60-69(3,4)5)62-75-65(70)58-56-54-52-50-48-46-19-17-15-13-11-9-7-2/h8,10-11,13-14,16-17,19-21,23-24,26-27,29-30,64,68H,6-7,9,12,15,18,22,25,28,31-63H2,1-5H3/b10-8-,13-11-,16-14-,19-17-,21-20-,24-23-,27-26-,30-29-. The molecular formula is C68H117NO8. The quantitative estimate of drug-likeness (QED) is 0.0195. The number of carboxylic acid groups (broad SMARTS) is 1. The van der Waals surface area contributed by atoms with E-state index in [2.05, 4.69) is 111 Å². The van der Waals surface area contributed by atoms with Crippen molar-refractivity contribution in [2.45, 2.75) is 270 Å². The number of ether oxygens (including phenoxy) is 4. The van der Waals surface area contributed by atoms with Crippen LogP contribution >= 0.6 is 0 Å². The monoisotopic (exact) mass is 1080 g/mol. The zero-order chi connectivity index (χ0) is 56.2. The van der Waals surface area contributed by atoms with Crippen LogP contribution in [-0.4, -0.2) is 82.3 Å². The van der Waals surface area contributed by atoms with Gasteiger partial charge in [-0.05, 0) is 89.9 Å². The van der Waals surface area contributed by atoms with Gasteiger partial charge in [-0.25, -0.2) is 0 Å². The lowest BCUT2D eigenvalue weighted by Crippen LogP contribution is -2.44. The van der Waals surface area contributed by atoms with Gasteiger partial charge < -0.3 is 33.3 Å². The summed E-state index contributed by atoms with van der Waals surface area (Å²) >= 11 is 0. The molecule has 0 aliphatic rings. The van der Waals surface area contributed by atoms with E-state index in [9.17, 15) is 19.5 Å². The van der Waals surface area contributed by atoms with Crippen LogP contribution in [0, 0.1) is 0 Å². The average molecular weight is 1080 g/mol. The predicted octanol–water partition coefficient (Wildman–Crippen LogP) is 17.6. The molecule has 77 heavy (non-hydrogen) atoms. The van der Waals surface area contributed by atoms with Gasteiger partial charge in [0.05, 0.1) is 40.3 Å². The van der Waals surface area contributed by atoms with Crippen molar-refractivity contribution in [3.05, 3.63) is 97.2 Å². The number of quaternary nitrogens is 1. The minimum atomic E-state index is -1.63. The number of hydrogen-bond acceptors (Lipinski definition) is 8. The number of aliphatic carboxylic acids is 1. The normalized spacial score (nSPS) is 13.4. The molecule has 9 heteroatoms. The minimum absolute atomic E-state index is 0.143. The second-order valence-corrected chi connectivity index (χ2v) is 22.0. The maximum Gasteiger partial charge on any atom is 0.306 e. The molecule has 0 aliphatic carbocycles. The Morgan fingerprint density at radius 2 is 0.740 bits per heavy atom. The Bertz CT molecular complexity index is 1580. The summed E-state index contributed by atoms with van der Waals surface area (Å²) in [6.45, 7) is 4.56. The topological polar surface area (TPSA) is 111 Å². The molecule has 2 unspecified atom stereocenters. The Hall–Kier alpha value is -3.79. The number of carbonyl (C=O) groups is 3. The van der Waals surface area contributed by atoms with Gasteiger partial charge in [0.25, 0.3) is 0 Å². The average Bonchev–Trinajstić information content (AvgIpc) is 3.40. The van der Waals surface area contributed by atoms with Crippen molar-refractivity contribution in [1.29, 1.82) is 0 Å². The van der Waals surface area contributed by atoms with Crippen LogP contribution in [0.3, 0.4) is 0 Å². The molecule has 2 atom stereocenters. The second kappa shape index (κ2) is 58.4. The maximum absolute atomic E-state index is 12.9. The largest absolute Gasteiger partial charge is 0.545 e. The SMILES string of the molecule is CC/C=C\C/C=C\C/C=C\C/C=C\C/C=C\C/C=C\CCCCCCCCCCCCCCCCCCCCCCC(=O)OC(COC(=O)CCCCCCC/C=C\C/C=C\CCC)COC(OCC[N+](C)(C)C)C(=O)[O-]. The first-order valence-corrected chi connectivity index (χ1v) is 31.4. The fourth-order valence-corrected chi connectivity index (χ4v) is 8.52. The molecule has 0 heterocycles. The Balaban J connectivity index is 4.00. The molecule has 0 aromatic carbocycles. The second-order valence-electron chi connectivity index (χ2n) is 22.0. The van der Waals surface area contributed by atoms with Crippen LogP contribution < -0.4 is 5.11 Å². The van der Waals surface area contributed by atoms with E-state index in [0.717, 1.165) is 103 Å². The number of carbonyl (C=O) groups excluding carboxylic acids is 3. The van der Waals surface area contributed by atoms with E-state index in [0.29, 0.717) is 17.4 Å². The Morgan fingerprint density at radius 1 is 0.403 bits per heavy atom. The van der Waals surface area contributed by atoms with Gasteiger partial charge in [-0.3, -0.25) is 9.59 Å². The lowest BCUT2D eigenvalue weighted by molar-refractivity contribution is -0.870. The molecule has 0 N–H and O–H groups in total. The minimum Gasteiger partial charge on any atom is -0.545 e. The molecule has 0 saturated carbocycles. The van der Waals surface area contributed by atoms with Crippen molar-refractivity contribution < 1.29 is 42.9 Å². The van der Waals surface area contributed by atoms with Crippen LogP contribution in [0.25, 0.3) is 0 Å². The van der Waals surface area contributed by atoms with Gasteiger partial charge >= 0.3 is 11.9 Å². The van der Waals surface area contributed by atoms with Crippen LogP contribution in [0.5, 0.6) is 0 Å². The van der Waals surface area contributed by atoms with E-state index in [1.165, 1.54) is 122 Å². The molecule has 0 spiro atoms. The summed E-state index contributed by atoms with van der Waals surface area (Å²) in [4.78, 5) is 37.2. The van der Waals surface area contributed by atoms with Gasteiger partial charge in [0, 0.05) is 12.8 Å². The number of carboxylic acids is 1. The zero-order valence-electron chi connectivity index (χ0n) is 50.3. The number of hydrogen-bond donors (Lipinski definition) is 0. The molecule has 0 aliphatic heterocycles. The molecule has 0 saturated heterocycles. The smallest absolute Gasteiger partial charge is 0.306 e. The summed E-state index contributed by atoms with van der Waals surface area (Å²) in [5, 5.41) is 11.8. The lowest BCUT2D eigenvalue weighted by Gasteiger charge is -2.26. The summed E-state index contributed by atoms with van der Waals surface area (Å²) in [7, 11) is 5.92. The Morgan fingerprint density at radius 3 is 1.10 bits per heavy atom. The molecule has 0 aromatic rings. The van der Waals surface area contributed by atoms with Crippen molar-refractivity contribution in [1.82, 2.24) is 0 Å². The van der Waals surface area contributed by atoms with Crippen molar-refractivity contribution in [3.8, 4) is 0 Å². The summed E-state index contributed by atoms with van der Waals surface area (Å²) in [5.74, 6) is -2.30. The maximum atomic E-state index is 12.9. The molecule has 0 amide bonds. The van der Waals surface area contributed by atoms with Crippen molar-refractivity contribution in [2.75, 3.05) is 47.5 Å². The van der Waals surface area contributed by atoms with Crippen LogP contribution in [0.15, 0.2) is 97.2 Å². The van der Waals surface area contributed by atoms with Crippen molar-refractivity contribution in [3.63, 3.8) is 0 Å². The fraction of sp³-hybridized carbons (Fsp3) is 0.721. The molecule has 442 valence electrons. The van der Waals surface area contributed by atoms with Gasteiger partial charge in [-0.2, -0.15) is 0 Å². The molecule has 0 rings (SSSR count). The molecule has 0 aromatic heterocycles. The first-order valence-electron chi connectivity index (χ1n) is 31.4. The van der Waals surface area contributed by atoms with E-state index in [-0.39, 0.29) is 38.6 Å². The number of rotatable bonds is 57. The van der Waals surface area contributed by atoms with Crippen LogP contribution in [-0.2, 0) is 33.3 Å². The van der Waals surface area contributed by atoms with Crippen LogP contribution in [0.1, 0.15) is 258 Å². The first kappa shape index (κ1) is 73.2. The Kier molecular flexibility index (Phi) is 55.5. The molecular weight excluding hydrogens is 959 g/mol. The van der Waals surface area contributed by atoms with E-state index >= 15 is 0 Å². The van der Waals surface area contributed by atoms with Gasteiger partial charge in [0.2, 0.25) is 0 Å². The van der Waals surface area contributed by atoms with Gasteiger partial charge in [0.15, 0.2) is 12.4 Å². The van der Waals surface area contributed by atoms with E-state index in [1.54, 1.807) is 0 Å². The number of esters is 2. The summed E-state index contributed by atoms with van der Waals surface area (Å²) in [6.07, 6.45) is 76.3. The number of unbranched alkanes of at least 4 members (excludes halogenated alkanes) is 26.